The summed E-state index contributed by atoms with van der Waals surface area (Å²) in [6.45, 7) is 3.65. The summed E-state index contributed by atoms with van der Waals surface area (Å²) in [5.41, 5.74) is 2.89. The minimum absolute atomic E-state index is 0.0923. The van der Waals surface area contributed by atoms with E-state index in [0.29, 0.717) is 30.5 Å². The molecule has 7 nitrogen and oxygen atoms in total. The van der Waals surface area contributed by atoms with E-state index in [1.165, 1.54) is 19.3 Å². The Morgan fingerprint density at radius 2 is 1.79 bits per heavy atom. The molecule has 0 aromatic heterocycles. The smallest absolute Gasteiger partial charge is 0.255 e. The number of hydrogen-bond donors (Lipinski definition) is 2. The Labute approximate surface area is 164 Å². The van der Waals surface area contributed by atoms with E-state index in [2.05, 4.69) is 21.6 Å². The standard InChI is InChI=1S/C21H26N4O3/c26-19-5-4-18(20(27)23-19)25-12-15-14(21(25)28)2-1-3-17(15)24-11-8-16(24)13-6-9-22-10-7-13/h1-3,13,16,18,22H,4-12H2,(H,23,26,27). The molecule has 0 aliphatic carbocycles. The predicted octanol–water partition coefficient (Wildman–Crippen LogP) is 1.03. The lowest BCUT2D eigenvalue weighted by atomic mass is 9.82. The average Bonchev–Trinajstić information content (AvgIpc) is 3.00. The van der Waals surface area contributed by atoms with Crippen LogP contribution in [0.3, 0.4) is 0 Å². The van der Waals surface area contributed by atoms with Gasteiger partial charge in [0.15, 0.2) is 0 Å². The Balaban J connectivity index is 1.39. The first-order valence-corrected chi connectivity index (χ1v) is 10.4. The van der Waals surface area contributed by atoms with Gasteiger partial charge in [0.1, 0.15) is 6.04 Å². The molecule has 0 saturated carbocycles. The molecule has 2 atom stereocenters. The van der Waals surface area contributed by atoms with Crippen molar-refractivity contribution in [3.05, 3.63) is 29.3 Å². The molecule has 5 rings (SSSR count). The number of amides is 3. The molecule has 7 heteroatoms. The zero-order valence-electron chi connectivity index (χ0n) is 15.9. The lowest BCUT2D eigenvalue weighted by Gasteiger charge is -2.49. The molecule has 2 N–H and O–H groups in total. The summed E-state index contributed by atoms with van der Waals surface area (Å²) in [5, 5.41) is 5.81. The number of imide groups is 1. The molecule has 3 saturated heterocycles. The first kappa shape index (κ1) is 17.7. The van der Waals surface area contributed by atoms with Gasteiger partial charge in [0.2, 0.25) is 11.8 Å². The van der Waals surface area contributed by atoms with Crippen molar-refractivity contribution in [1.82, 2.24) is 15.5 Å². The van der Waals surface area contributed by atoms with Gasteiger partial charge < -0.3 is 15.1 Å². The molecule has 148 valence electrons. The summed E-state index contributed by atoms with van der Waals surface area (Å²) in [7, 11) is 0. The lowest BCUT2D eigenvalue weighted by Crippen LogP contribution is -2.54. The van der Waals surface area contributed by atoms with Crippen LogP contribution >= 0.6 is 0 Å². The van der Waals surface area contributed by atoms with Gasteiger partial charge >= 0.3 is 0 Å². The van der Waals surface area contributed by atoms with Gasteiger partial charge in [0.05, 0.1) is 0 Å². The fourth-order valence-corrected chi connectivity index (χ4v) is 5.26. The molecule has 28 heavy (non-hydrogen) atoms. The maximum Gasteiger partial charge on any atom is 0.255 e. The van der Waals surface area contributed by atoms with Crippen molar-refractivity contribution in [2.24, 2.45) is 5.92 Å². The van der Waals surface area contributed by atoms with Gasteiger partial charge in [-0.15, -0.1) is 0 Å². The van der Waals surface area contributed by atoms with Crippen LogP contribution < -0.4 is 15.5 Å². The minimum atomic E-state index is -0.554. The second kappa shape index (κ2) is 6.88. The topological polar surface area (TPSA) is 81.8 Å². The quantitative estimate of drug-likeness (QED) is 0.763. The number of benzene rings is 1. The summed E-state index contributed by atoms with van der Waals surface area (Å²) in [6, 6.07) is 5.94. The SMILES string of the molecule is O=C1CCC(N2Cc3c(cccc3N3CCC3C3CCNCC3)C2=O)C(=O)N1. The second-order valence-electron chi connectivity index (χ2n) is 8.34. The molecule has 4 aliphatic rings. The summed E-state index contributed by atoms with van der Waals surface area (Å²) in [6.07, 6.45) is 4.31. The molecule has 0 bridgehead atoms. The van der Waals surface area contributed by atoms with Gasteiger partial charge in [-0.05, 0) is 56.8 Å². The molecule has 3 amide bonds. The van der Waals surface area contributed by atoms with Crippen LogP contribution in [0.2, 0.25) is 0 Å². The van der Waals surface area contributed by atoms with E-state index in [9.17, 15) is 14.4 Å². The van der Waals surface area contributed by atoms with E-state index >= 15 is 0 Å². The molecule has 0 radical (unpaired) electrons. The van der Waals surface area contributed by atoms with E-state index in [-0.39, 0.29) is 24.1 Å². The summed E-state index contributed by atoms with van der Waals surface area (Å²) < 4.78 is 0. The van der Waals surface area contributed by atoms with Crippen molar-refractivity contribution < 1.29 is 14.4 Å². The van der Waals surface area contributed by atoms with Crippen LogP contribution in [0.4, 0.5) is 5.69 Å². The van der Waals surface area contributed by atoms with E-state index in [4.69, 9.17) is 0 Å². The summed E-state index contributed by atoms with van der Waals surface area (Å²) >= 11 is 0. The average molecular weight is 382 g/mol. The molecule has 2 unspecified atom stereocenters. The van der Waals surface area contributed by atoms with Crippen LogP contribution in [-0.2, 0) is 16.1 Å². The van der Waals surface area contributed by atoms with E-state index in [0.717, 1.165) is 30.9 Å². The number of anilines is 1. The summed E-state index contributed by atoms with van der Waals surface area (Å²) in [5.74, 6) is 0.00599. The molecule has 1 aromatic carbocycles. The number of nitrogens with zero attached hydrogens (tertiary/aromatic N) is 2. The van der Waals surface area contributed by atoms with Gasteiger partial charge in [-0.25, -0.2) is 0 Å². The number of carbonyl (C=O) groups excluding carboxylic acids is 3. The van der Waals surface area contributed by atoms with Crippen molar-refractivity contribution in [3.63, 3.8) is 0 Å². The Bertz CT molecular complexity index is 833. The van der Waals surface area contributed by atoms with Crippen molar-refractivity contribution in [2.45, 2.75) is 50.7 Å². The number of hydrogen-bond acceptors (Lipinski definition) is 5. The lowest BCUT2D eigenvalue weighted by molar-refractivity contribution is -0.136. The number of fused-ring (bicyclic) bond motifs is 1. The number of piperidine rings is 2. The van der Waals surface area contributed by atoms with Crippen LogP contribution in [0.15, 0.2) is 18.2 Å². The Morgan fingerprint density at radius 1 is 0.964 bits per heavy atom. The van der Waals surface area contributed by atoms with Gasteiger partial charge in [0, 0.05) is 42.4 Å². The highest BCUT2D eigenvalue weighted by Crippen LogP contribution is 2.40. The zero-order chi connectivity index (χ0) is 19.3. The van der Waals surface area contributed by atoms with Crippen LogP contribution in [0.1, 0.15) is 48.0 Å². The highest BCUT2D eigenvalue weighted by atomic mass is 16.2. The fourth-order valence-electron chi connectivity index (χ4n) is 5.26. The third-order valence-electron chi connectivity index (χ3n) is 6.86. The normalized spacial score (nSPS) is 28.2. The summed E-state index contributed by atoms with van der Waals surface area (Å²) in [4.78, 5) is 40.9. The van der Waals surface area contributed by atoms with Crippen molar-refractivity contribution in [2.75, 3.05) is 24.5 Å². The Kier molecular flexibility index (Phi) is 4.34. The van der Waals surface area contributed by atoms with Crippen molar-refractivity contribution in [3.8, 4) is 0 Å². The van der Waals surface area contributed by atoms with Gasteiger partial charge in [0.25, 0.3) is 5.91 Å². The number of nitrogens with one attached hydrogen (secondary N) is 2. The molecule has 4 aliphatic heterocycles. The second-order valence-corrected chi connectivity index (χ2v) is 8.34. The van der Waals surface area contributed by atoms with Crippen LogP contribution in [0, 0.1) is 5.92 Å². The van der Waals surface area contributed by atoms with E-state index < -0.39 is 6.04 Å². The van der Waals surface area contributed by atoms with Crippen molar-refractivity contribution in [1.29, 1.82) is 0 Å². The third kappa shape index (κ3) is 2.80. The van der Waals surface area contributed by atoms with E-state index in [1.807, 2.05) is 12.1 Å². The van der Waals surface area contributed by atoms with Crippen LogP contribution in [0.25, 0.3) is 0 Å². The highest BCUT2D eigenvalue weighted by molar-refractivity contribution is 6.06. The van der Waals surface area contributed by atoms with E-state index in [1.54, 1.807) is 4.90 Å². The maximum atomic E-state index is 13.0. The Morgan fingerprint density at radius 3 is 2.50 bits per heavy atom. The predicted molar refractivity (Wildman–Crippen MR) is 104 cm³/mol. The third-order valence-corrected chi connectivity index (χ3v) is 6.86. The molecule has 0 spiro atoms. The highest BCUT2D eigenvalue weighted by Gasteiger charge is 2.42. The maximum absolute atomic E-state index is 13.0. The number of carbonyl (C=O) groups is 3. The first-order valence-electron chi connectivity index (χ1n) is 10.4. The molecular formula is C21H26N4O3. The molecule has 3 fully saturated rings. The van der Waals surface area contributed by atoms with Crippen LogP contribution in [-0.4, -0.2) is 54.3 Å². The number of rotatable bonds is 3. The molecule has 4 heterocycles. The molecular weight excluding hydrogens is 356 g/mol. The van der Waals surface area contributed by atoms with Gasteiger partial charge in [-0.3, -0.25) is 19.7 Å². The van der Waals surface area contributed by atoms with Crippen LogP contribution in [0.5, 0.6) is 0 Å². The zero-order valence-corrected chi connectivity index (χ0v) is 15.9. The first-order chi connectivity index (χ1) is 13.6. The van der Waals surface area contributed by atoms with Gasteiger partial charge in [-0.2, -0.15) is 0 Å². The largest absolute Gasteiger partial charge is 0.368 e. The Hall–Kier alpha value is -2.41. The molecule has 1 aromatic rings. The van der Waals surface area contributed by atoms with Gasteiger partial charge in [-0.1, -0.05) is 6.07 Å². The monoisotopic (exact) mass is 382 g/mol. The fraction of sp³-hybridized carbons (Fsp3) is 0.571. The minimum Gasteiger partial charge on any atom is -0.368 e. The van der Waals surface area contributed by atoms with Crippen molar-refractivity contribution >= 4 is 23.4 Å².